The average molecular weight is 335 g/mol. The van der Waals surface area contributed by atoms with E-state index in [1.807, 2.05) is 0 Å². The number of benzene rings is 1. The monoisotopic (exact) mass is 335 g/mol. The second-order valence-electron chi connectivity index (χ2n) is 5.97. The summed E-state index contributed by atoms with van der Waals surface area (Å²) in [6.07, 6.45) is 5.18. The lowest BCUT2D eigenvalue weighted by Crippen LogP contribution is -2.20. The molecular formula is C17H19F2N3O2. The number of ether oxygens (including phenoxy) is 1. The van der Waals surface area contributed by atoms with E-state index in [0.29, 0.717) is 11.6 Å². The van der Waals surface area contributed by atoms with Gasteiger partial charge in [0.1, 0.15) is 11.6 Å². The van der Waals surface area contributed by atoms with Crippen molar-refractivity contribution in [2.75, 3.05) is 18.5 Å². The molecule has 3 rings (SSSR count). The fourth-order valence-corrected chi connectivity index (χ4v) is 2.76. The van der Waals surface area contributed by atoms with Crippen LogP contribution in [0.25, 0.3) is 0 Å². The lowest BCUT2D eigenvalue weighted by molar-refractivity contribution is -0.115. The van der Waals surface area contributed by atoms with Gasteiger partial charge >= 0.3 is 0 Å². The third-order valence-corrected chi connectivity index (χ3v) is 4.07. The summed E-state index contributed by atoms with van der Waals surface area (Å²) in [7, 11) is 0. The number of rotatable bonds is 5. The molecule has 0 radical (unpaired) electrons. The highest BCUT2D eigenvalue weighted by molar-refractivity contribution is 5.92. The van der Waals surface area contributed by atoms with Crippen LogP contribution >= 0.6 is 0 Å². The van der Waals surface area contributed by atoms with Gasteiger partial charge in [-0.3, -0.25) is 9.48 Å². The maximum Gasteiger partial charge on any atom is 0.228 e. The van der Waals surface area contributed by atoms with E-state index in [2.05, 4.69) is 10.4 Å². The van der Waals surface area contributed by atoms with Crippen molar-refractivity contribution in [2.45, 2.75) is 25.8 Å². The van der Waals surface area contributed by atoms with E-state index in [9.17, 15) is 13.6 Å². The summed E-state index contributed by atoms with van der Waals surface area (Å²) >= 11 is 0. The molecule has 1 aromatic heterocycles. The molecule has 0 unspecified atom stereocenters. The van der Waals surface area contributed by atoms with Gasteiger partial charge in [-0.15, -0.1) is 0 Å². The molecule has 0 atom stereocenters. The topological polar surface area (TPSA) is 56.2 Å². The van der Waals surface area contributed by atoms with E-state index in [4.69, 9.17) is 4.74 Å². The number of nitrogens with zero attached hydrogens (tertiary/aromatic N) is 2. The molecule has 0 aliphatic carbocycles. The zero-order valence-corrected chi connectivity index (χ0v) is 13.2. The number of carbonyl (C=O) groups excluding carboxylic acids is 1. The summed E-state index contributed by atoms with van der Waals surface area (Å²) in [5, 5.41) is 6.92. The quantitative estimate of drug-likeness (QED) is 0.914. The molecule has 2 heterocycles. The minimum atomic E-state index is -0.722. The van der Waals surface area contributed by atoms with E-state index in [1.54, 1.807) is 17.1 Å². The molecule has 0 saturated carbocycles. The molecule has 1 aliphatic rings. The third kappa shape index (κ3) is 4.38. The smallest absolute Gasteiger partial charge is 0.228 e. The summed E-state index contributed by atoms with van der Waals surface area (Å²) < 4.78 is 33.6. The molecule has 0 spiro atoms. The van der Waals surface area contributed by atoms with Gasteiger partial charge in [-0.2, -0.15) is 5.10 Å². The van der Waals surface area contributed by atoms with Gasteiger partial charge in [-0.05, 0) is 30.4 Å². The fourth-order valence-electron chi connectivity index (χ4n) is 2.76. The van der Waals surface area contributed by atoms with Crippen molar-refractivity contribution in [3.8, 4) is 0 Å². The zero-order valence-electron chi connectivity index (χ0n) is 13.2. The molecule has 1 N–H and O–H groups in total. The number of hydrogen-bond donors (Lipinski definition) is 1. The van der Waals surface area contributed by atoms with Crippen LogP contribution in [-0.2, 0) is 22.5 Å². The molecule has 5 nitrogen and oxygen atoms in total. The van der Waals surface area contributed by atoms with Crippen molar-refractivity contribution in [1.82, 2.24) is 9.78 Å². The average Bonchev–Trinajstić information content (AvgIpc) is 2.98. The van der Waals surface area contributed by atoms with Crippen LogP contribution < -0.4 is 5.32 Å². The van der Waals surface area contributed by atoms with E-state index in [1.165, 1.54) is 6.07 Å². The Morgan fingerprint density at radius 1 is 1.33 bits per heavy atom. The van der Waals surface area contributed by atoms with Crippen LogP contribution in [-0.4, -0.2) is 28.9 Å². The SMILES string of the molecule is O=C(Cc1ccc(F)cc1F)Nc1cnn(CC2CCOCC2)c1. The molecular weight excluding hydrogens is 316 g/mol. The molecule has 1 aromatic carbocycles. The molecule has 128 valence electrons. The van der Waals surface area contributed by atoms with Gasteiger partial charge in [0.15, 0.2) is 0 Å². The lowest BCUT2D eigenvalue weighted by Gasteiger charge is -2.21. The minimum Gasteiger partial charge on any atom is -0.381 e. The van der Waals surface area contributed by atoms with E-state index >= 15 is 0 Å². The van der Waals surface area contributed by atoms with Gasteiger partial charge < -0.3 is 10.1 Å². The molecule has 1 amide bonds. The normalized spacial score (nSPS) is 15.4. The van der Waals surface area contributed by atoms with E-state index < -0.39 is 11.6 Å². The van der Waals surface area contributed by atoms with Crippen molar-refractivity contribution in [1.29, 1.82) is 0 Å². The molecule has 24 heavy (non-hydrogen) atoms. The predicted molar refractivity (Wildman–Crippen MR) is 84.5 cm³/mol. The number of halogens is 2. The maximum absolute atomic E-state index is 13.6. The first kappa shape index (κ1) is 16.6. The summed E-state index contributed by atoms with van der Waals surface area (Å²) in [5.74, 6) is -1.23. The largest absolute Gasteiger partial charge is 0.381 e. The Bertz CT molecular complexity index is 712. The minimum absolute atomic E-state index is 0.155. The first-order chi connectivity index (χ1) is 11.6. The Morgan fingerprint density at radius 3 is 2.88 bits per heavy atom. The van der Waals surface area contributed by atoms with E-state index in [0.717, 1.165) is 44.7 Å². The Balaban J connectivity index is 1.54. The van der Waals surface area contributed by atoms with Crippen LogP contribution in [0.15, 0.2) is 30.6 Å². The fraction of sp³-hybridized carbons (Fsp3) is 0.412. The van der Waals surface area contributed by atoms with Gasteiger partial charge in [0.25, 0.3) is 0 Å². The highest BCUT2D eigenvalue weighted by atomic mass is 19.1. The number of anilines is 1. The maximum atomic E-state index is 13.6. The Kier molecular flexibility index (Phi) is 5.20. The van der Waals surface area contributed by atoms with Gasteiger partial charge in [-0.25, -0.2) is 8.78 Å². The Hall–Kier alpha value is -2.28. The summed E-state index contributed by atoms with van der Waals surface area (Å²) in [5.41, 5.74) is 0.720. The van der Waals surface area contributed by atoms with Crippen LogP contribution in [0.1, 0.15) is 18.4 Å². The molecule has 1 fully saturated rings. The molecule has 2 aromatic rings. The summed E-state index contributed by atoms with van der Waals surface area (Å²) in [6.45, 7) is 2.34. The number of aromatic nitrogens is 2. The van der Waals surface area contributed by atoms with Crippen LogP contribution in [0.5, 0.6) is 0 Å². The van der Waals surface area contributed by atoms with Crippen molar-refractivity contribution in [3.05, 3.63) is 47.8 Å². The molecule has 7 heteroatoms. The highest BCUT2D eigenvalue weighted by Crippen LogP contribution is 2.18. The summed E-state index contributed by atoms with van der Waals surface area (Å²) in [4.78, 5) is 12.0. The van der Waals surface area contributed by atoms with Gasteiger partial charge in [0.05, 0.1) is 18.3 Å². The second kappa shape index (κ2) is 7.53. The van der Waals surface area contributed by atoms with Gasteiger partial charge in [0, 0.05) is 32.0 Å². The third-order valence-electron chi connectivity index (χ3n) is 4.07. The van der Waals surface area contributed by atoms with Gasteiger partial charge in [0.2, 0.25) is 5.91 Å². The Labute approximate surface area is 138 Å². The second-order valence-corrected chi connectivity index (χ2v) is 5.97. The number of nitrogens with one attached hydrogen (secondary N) is 1. The standard InChI is InChI=1S/C17H19F2N3O2/c18-14-2-1-13(16(19)8-14)7-17(23)21-15-9-20-22(11-15)10-12-3-5-24-6-4-12/h1-2,8-9,11-12H,3-7,10H2,(H,21,23). The predicted octanol–water partition coefficient (Wildman–Crippen LogP) is 2.77. The number of carbonyl (C=O) groups is 1. The van der Waals surface area contributed by atoms with Crippen molar-refractivity contribution in [3.63, 3.8) is 0 Å². The lowest BCUT2D eigenvalue weighted by atomic mass is 10.0. The molecule has 0 bridgehead atoms. The first-order valence-corrected chi connectivity index (χ1v) is 7.94. The van der Waals surface area contributed by atoms with Crippen LogP contribution in [0.2, 0.25) is 0 Å². The molecule has 1 saturated heterocycles. The van der Waals surface area contributed by atoms with Crippen molar-refractivity contribution >= 4 is 11.6 Å². The van der Waals surface area contributed by atoms with E-state index in [-0.39, 0.29) is 17.9 Å². The Morgan fingerprint density at radius 2 is 2.12 bits per heavy atom. The number of hydrogen-bond acceptors (Lipinski definition) is 3. The number of amides is 1. The van der Waals surface area contributed by atoms with Crippen molar-refractivity contribution in [2.24, 2.45) is 5.92 Å². The zero-order chi connectivity index (χ0) is 16.9. The molecule has 1 aliphatic heterocycles. The van der Waals surface area contributed by atoms with Crippen LogP contribution in [0.3, 0.4) is 0 Å². The van der Waals surface area contributed by atoms with Gasteiger partial charge in [-0.1, -0.05) is 6.07 Å². The summed E-state index contributed by atoms with van der Waals surface area (Å²) in [6, 6.07) is 3.19. The van der Waals surface area contributed by atoms with Crippen LogP contribution in [0, 0.1) is 17.6 Å². The first-order valence-electron chi connectivity index (χ1n) is 7.94. The highest BCUT2D eigenvalue weighted by Gasteiger charge is 2.15. The van der Waals surface area contributed by atoms with Crippen LogP contribution in [0.4, 0.5) is 14.5 Å². The van der Waals surface area contributed by atoms with Crippen molar-refractivity contribution < 1.29 is 18.3 Å².